The van der Waals surface area contributed by atoms with E-state index in [9.17, 15) is 14.7 Å². The quantitative estimate of drug-likeness (QED) is 0.606. The van der Waals surface area contributed by atoms with Crippen molar-refractivity contribution in [3.8, 4) is 5.75 Å². The maximum absolute atomic E-state index is 12.3. The Kier molecular flexibility index (Phi) is 6.24. The molecule has 5 nitrogen and oxygen atoms in total. The molecule has 23 heavy (non-hydrogen) atoms. The number of carboxylic acid groups (broad SMARTS) is 1. The number of carbonyl (C=O) groups excluding carboxylic acids is 1. The molecule has 1 unspecified atom stereocenters. The van der Waals surface area contributed by atoms with E-state index in [0.29, 0.717) is 17.9 Å². The average molecular weight is 355 g/mol. The predicted octanol–water partition coefficient (Wildman–Crippen LogP) is 2.41. The summed E-state index contributed by atoms with van der Waals surface area (Å²) in [6.45, 7) is 2.04. The van der Waals surface area contributed by atoms with Crippen LogP contribution in [-0.4, -0.2) is 52.6 Å². The van der Waals surface area contributed by atoms with Crippen LogP contribution in [0.5, 0.6) is 5.75 Å². The lowest BCUT2D eigenvalue weighted by Crippen LogP contribution is -2.43. The minimum atomic E-state index is -0.992. The van der Waals surface area contributed by atoms with Gasteiger partial charge in [0.25, 0.3) is 0 Å². The molecule has 0 bridgehead atoms. The molecule has 1 aromatic rings. The highest BCUT2D eigenvalue weighted by Gasteiger charge is 2.41. The van der Waals surface area contributed by atoms with Crippen LogP contribution in [0.3, 0.4) is 0 Å². The first kappa shape index (κ1) is 18.0. The number of rotatable bonds is 6. The lowest BCUT2D eigenvalue weighted by Gasteiger charge is -2.24. The van der Waals surface area contributed by atoms with Crippen LogP contribution < -0.4 is 4.74 Å². The molecule has 7 heteroatoms. The normalized spacial score (nSPS) is 22.0. The van der Waals surface area contributed by atoms with Crippen molar-refractivity contribution in [2.75, 3.05) is 18.6 Å². The number of nitrogens with zero attached hydrogens (tertiary/aromatic N) is 1. The number of amides is 1. The number of aliphatic carboxylic acids is 1. The van der Waals surface area contributed by atoms with Gasteiger partial charge in [0, 0.05) is 23.0 Å². The molecule has 0 saturated carbocycles. The molecule has 1 fully saturated rings. The second-order valence-electron chi connectivity index (χ2n) is 5.58. The molecule has 0 radical (unpaired) electrons. The molecular weight excluding hydrogens is 334 g/mol. The first-order valence-electron chi connectivity index (χ1n) is 7.41. The van der Waals surface area contributed by atoms with E-state index in [1.807, 2.05) is 30.5 Å². The standard InChI is InChI=1S/C16H21NO4S2/c1-10(9-22)15(18)17-8-12(7-14(17)16(19)20)21-11-4-3-5-13(6-11)23-2/h3-6,10,12,14,22H,7-9H2,1-2H3,(H,19,20)/t10?,12-,14-/m0/s1. The molecule has 1 aliphatic rings. The third-order valence-corrected chi connectivity index (χ3v) is 5.14. The molecule has 1 aliphatic heterocycles. The molecule has 0 aromatic heterocycles. The highest BCUT2D eigenvalue weighted by molar-refractivity contribution is 7.98. The first-order chi connectivity index (χ1) is 11.0. The molecule has 1 saturated heterocycles. The Balaban J connectivity index is 2.10. The average Bonchev–Trinajstić information content (AvgIpc) is 2.97. The van der Waals surface area contributed by atoms with Gasteiger partial charge >= 0.3 is 5.97 Å². The Labute approximate surface area is 145 Å². The second kappa shape index (κ2) is 7.97. The van der Waals surface area contributed by atoms with Crippen molar-refractivity contribution in [3.63, 3.8) is 0 Å². The lowest BCUT2D eigenvalue weighted by molar-refractivity contribution is -0.149. The van der Waals surface area contributed by atoms with Crippen LogP contribution in [0, 0.1) is 5.92 Å². The first-order valence-corrected chi connectivity index (χ1v) is 9.26. The van der Waals surface area contributed by atoms with Gasteiger partial charge in [-0.3, -0.25) is 4.79 Å². The van der Waals surface area contributed by atoms with Crippen LogP contribution in [0.2, 0.25) is 0 Å². The molecule has 3 atom stereocenters. The fourth-order valence-corrected chi connectivity index (χ4v) is 3.19. The third-order valence-electron chi connectivity index (χ3n) is 3.87. The Morgan fingerprint density at radius 2 is 2.26 bits per heavy atom. The van der Waals surface area contributed by atoms with Crippen molar-refractivity contribution >= 4 is 36.3 Å². The molecule has 1 heterocycles. The molecule has 1 amide bonds. The van der Waals surface area contributed by atoms with Gasteiger partial charge in [-0.05, 0) is 24.5 Å². The number of hydrogen-bond acceptors (Lipinski definition) is 5. The minimum Gasteiger partial charge on any atom is -0.488 e. The Morgan fingerprint density at radius 1 is 1.52 bits per heavy atom. The molecule has 2 rings (SSSR count). The topological polar surface area (TPSA) is 66.8 Å². The number of carboxylic acids is 1. The Morgan fingerprint density at radius 3 is 2.87 bits per heavy atom. The van der Waals surface area contributed by atoms with Crippen molar-refractivity contribution in [2.45, 2.75) is 30.4 Å². The summed E-state index contributed by atoms with van der Waals surface area (Å²) >= 11 is 5.74. The molecule has 0 aliphatic carbocycles. The predicted molar refractivity (Wildman–Crippen MR) is 93.4 cm³/mol. The fraction of sp³-hybridized carbons (Fsp3) is 0.500. The van der Waals surface area contributed by atoms with Gasteiger partial charge in [-0.15, -0.1) is 11.8 Å². The van der Waals surface area contributed by atoms with Crippen LogP contribution in [-0.2, 0) is 9.59 Å². The molecule has 1 N–H and O–H groups in total. The van der Waals surface area contributed by atoms with Gasteiger partial charge in [0.05, 0.1) is 6.54 Å². The summed E-state index contributed by atoms with van der Waals surface area (Å²) in [4.78, 5) is 26.3. The van der Waals surface area contributed by atoms with Crippen LogP contribution in [0.15, 0.2) is 29.2 Å². The summed E-state index contributed by atoms with van der Waals surface area (Å²) in [6.07, 6.45) is 1.96. The number of benzene rings is 1. The van der Waals surface area contributed by atoms with E-state index in [1.165, 1.54) is 4.90 Å². The van der Waals surface area contributed by atoms with Gasteiger partial charge in [-0.1, -0.05) is 13.0 Å². The van der Waals surface area contributed by atoms with Crippen molar-refractivity contribution < 1.29 is 19.4 Å². The van der Waals surface area contributed by atoms with Crippen LogP contribution in [0.4, 0.5) is 0 Å². The summed E-state index contributed by atoms with van der Waals surface area (Å²) in [5.74, 6) is -0.394. The largest absolute Gasteiger partial charge is 0.488 e. The van der Waals surface area contributed by atoms with E-state index in [2.05, 4.69) is 12.6 Å². The van der Waals surface area contributed by atoms with Gasteiger partial charge in [-0.2, -0.15) is 12.6 Å². The molecule has 1 aromatic carbocycles. The fourth-order valence-electron chi connectivity index (χ4n) is 2.59. The van der Waals surface area contributed by atoms with E-state index in [4.69, 9.17) is 4.74 Å². The smallest absolute Gasteiger partial charge is 0.326 e. The maximum atomic E-state index is 12.3. The van der Waals surface area contributed by atoms with E-state index in [1.54, 1.807) is 18.7 Å². The summed E-state index contributed by atoms with van der Waals surface area (Å²) < 4.78 is 5.90. The minimum absolute atomic E-state index is 0.184. The van der Waals surface area contributed by atoms with Gasteiger partial charge in [0.1, 0.15) is 17.9 Å². The Bertz CT molecular complexity index is 581. The van der Waals surface area contributed by atoms with E-state index in [0.717, 1.165) is 4.90 Å². The van der Waals surface area contributed by atoms with E-state index < -0.39 is 12.0 Å². The SMILES string of the molecule is CSc1cccc(O[C@H]2C[C@@H](C(=O)O)N(C(=O)C(C)CS)C2)c1. The summed E-state index contributed by atoms with van der Waals surface area (Å²) in [6, 6.07) is 6.81. The maximum Gasteiger partial charge on any atom is 0.326 e. The van der Waals surface area contributed by atoms with Crippen molar-refractivity contribution in [1.82, 2.24) is 4.90 Å². The summed E-state index contributed by atoms with van der Waals surface area (Å²) in [5, 5.41) is 9.38. The number of thioether (sulfide) groups is 1. The third kappa shape index (κ3) is 4.35. The van der Waals surface area contributed by atoms with Crippen LogP contribution in [0.1, 0.15) is 13.3 Å². The van der Waals surface area contributed by atoms with E-state index >= 15 is 0 Å². The zero-order chi connectivity index (χ0) is 17.0. The molecule has 0 spiro atoms. The monoisotopic (exact) mass is 355 g/mol. The zero-order valence-corrected chi connectivity index (χ0v) is 14.8. The number of thiol groups is 1. The van der Waals surface area contributed by atoms with Crippen molar-refractivity contribution in [3.05, 3.63) is 24.3 Å². The van der Waals surface area contributed by atoms with Gasteiger partial charge < -0.3 is 14.7 Å². The second-order valence-corrected chi connectivity index (χ2v) is 6.83. The highest BCUT2D eigenvalue weighted by atomic mass is 32.2. The highest BCUT2D eigenvalue weighted by Crippen LogP contribution is 2.27. The number of ether oxygens (including phenoxy) is 1. The Hall–Kier alpha value is -1.34. The van der Waals surface area contributed by atoms with Gasteiger partial charge in [0.15, 0.2) is 0 Å². The van der Waals surface area contributed by atoms with E-state index in [-0.39, 0.29) is 24.5 Å². The lowest BCUT2D eigenvalue weighted by atomic mass is 10.1. The number of hydrogen-bond donors (Lipinski definition) is 2. The summed E-state index contributed by atoms with van der Waals surface area (Å²) in [7, 11) is 0. The molecule has 126 valence electrons. The van der Waals surface area contributed by atoms with Gasteiger partial charge in [-0.25, -0.2) is 4.79 Å². The molecular formula is C16H21NO4S2. The van der Waals surface area contributed by atoms with Crippen molar-refractivity contribution in [1.29, 1.82) is 0 Å². The van der Waals surface area contributed by atoms with Crippen LogP contribution in [0.25, 0.3) is 0 Å². The zero-order valence-electron chi connectivity index (χ0n) is 13.1. The van der Waals surface area contributed by atoms with Crippen LogP contribution >= 0.6 is 24.4 Å². The number of likely N-dealkylation sites (tertiary alicyclic amines) is 1. The number of carbonyl (C=O) groups is 2. The van der Waals surface area contributed by atoms with Crippen molar-refractivity contribution in [2.24, 2.45) is 5.92 Å². The summed E-state index contributed by atoms with van der Waals surface area (Å²) in [5.41, 5.74) is 0. The van der Waals surface area contributed by atoms with Gasteiger partial charge in [0.2, 0.25) is 5.91 Å².